The molecule has 0 fully saturated rings. The molecule has 0 rings (SSSR count). The van der Waals surface area contributed by atoms with Crippen molar-refractivity contribution in [2.75, 3.05) is 6.61 Å². The molecule has 0 aromatic heterocycles. The standard InChI is InChI=1S/C7H10O2.C5H16OSi2/c1-4-5-9-7(8)6(2)3;1-7(2)6-8(3,4)5/h4H,1-2,5H2,3H3;7H,1-5H3. The Bertz CT molecular complexity index is 255. The first-order valence-corrected chi connectivity index (χ1v) is 11.9. The lowest BCUT2D eigenvalue weighted by Gasteiger charge is -2.19. The van der Waals surface area contributed by atoms with Crippen molar-refractivity contribution in [2.24, 2.45) is 0 Å². The second kappa shape index (κ2) is 9.38. The number of hydrogen-bond donors (Lipinski definition) is 0. The molecule has 0 amide bonds. The summed E-state index contributed by atoms with van der Waals surface area (Å²) in [6.45, 7) is 19.8. The van der Waals surface area contributed by atoms with Gasteiger partial charge in [0.25, 0.3) is 0 Å². The third-order valence-electron chi connectivity index (χ3n) is 1.27. The Morgan fingerprint density at radius 3 is 2.00 bits per heavy atom. The molecule has 0 aliphatic rings. The summed E-state index contributed by atoms with van der Waals surface area (Å²) in [7, 11) is -1.89. The van der Waals surface area contributed by atoms with Crippen molar-refractivity contribution in [1.82, 2.24) is 0 Å². The van der Waals surface area contributed by atoms with Crippen LogP contribution >= 0.6 is 0 Å². The predicted octanol–water partition coefficient (Wildman–Crippen LogP) is 3.11. The second-order valence-electron chi connectivity index (χ2n) is 4.95. The lowest BCUT2D eigenvalue weighted by atomic mass is 10.4. The number of esters is 1. The summed E-state index contributed by atoms with van der Waals surface area (Å²) < 4.78 is 10.3. The summed E-state index contributed by atoms with van der Waals surface area (Å²) in [6.07, 6.45) is 1.51. The minimum absolute atomic E-state index is 0.256. The van der Waals surface area contributed by atoms with Crippen molar-refractivity contribution in [1.29, 1.82) is 0 Å². The molecule has 0 spiro atoms. The Morgan fingerprint density at radius 1 is 1.35 bits per heavy atom. The fraction of sp³-hybridized carbons (Fsp3) is 0.583. The number of hydrogen-bond acceptors (Lipinski definition) is 3. The summed E-state index contributed by atoms with van der Waals surface area (Å²) in [5.74, 6) is -0.366. The van der Waals surface area contributed by atoms with Crippen LogP contribution in [-0.4, -0.2) is 29.9 Å². The van der Waals surface area contributed by atoms with E-state index >= 15 is 0 Å². The Morgan fingerprint density at radius 2 is 1.82 bits per heavy atom. The molecule has 0 atom stereocenters. The monoisotopic (exact) mass is 274 g/mol. The van der Waals surface area contributed by atoms with Crippen LogP contribution in [0, 0.1) is 0 Å². The van der Waals surface area contributed by atoms with E-state index in [1.165, 1.54) is 6.08 Å². The summed E-state index contributed by atoms with van der Waals surface area (Å²) in [5, 5.41) is 0. The molecule has 0 saturated carbocycles. The molecule has 3 nitrogen and oxygen atoms in total. The molecular weight excluding hydrogens is 248 g/mol. The van der Waals surface area contributed by atoms with E-state index in [1.54, 1.807) is 6.92 Å². The third-order valence-corrected chi connectivity index (χ3v) is 5.98. The molecule has 100 valence electrons. The van der Waals surface area contributed by atoms with Crippen LogP contribution in [0.4, 0.5) is 0 Å². The Hall–Kier alpha value is -0.656. The molecule has 0 aromatic carbocycles. The lowest BCUT2D eigenvalue weighted by Crippen LogP contribution is -2.31. The zero-order valence-electron chi connectivity index (χ0n) is 12.0. The van der Waals surface area contributed by atoms with Gasteiger partial charge in [0.05, 0.1) is 0 Å². The van der Waals surface area contributed by atoms with Crippen molar-refractivity contribution >= 4 is 23.3 Å². The van der Waals surface area contributed by atoms with Gasteiger partial charge in [-0.3, -0.25) is 0 Å². The van der Waals surface area contributed by atoms with Crippen LogP contribution in [0.2, 0.25) is 32.7 Å². The lowest BCUT2D eigenvalue weighted by molar-refractivity contribution is -0.137. The molecular formula is C12H26O3Si2. The van der Waals surface area contributed by atoms with E-state index in [9.17, 15) is 4.79 Å². The number of rotatable bonds is 5. The van der Waals surface area contributed by atoms with Gasteiger partial charge in [0.15, 0.2) is 17.4 Å². The first-order valence-electron chi connectivity index (χ1n) is 5.71. The smallest absolute Gasteiger partial charge is 0.333 e. The molecule has 0 bridgehead atoms. The molecule has 0 aromatic rings. The van der Waals surface area contributed by atoms with Gasteiger partial charge >= 0.3 is 5.97 Å². The second-order valence-corrected chi connectivity index (χ2v) is 12.2. The molecule has 0 heterocycles. The largest absolute Gasteiger partial charge is 0.458 e. The maximum absolute atomic E-state index is 10.5. The molecule has 0 unspecified atom stereocenters. The zero-order valence-corrected chi connectivity index (χ0v) is 14.2. The van der Waals surface area contributed by atoms with Gasteiger partial charge in [-0.1, -0.05) is 19.2 Å². The topological polar surface area (TPSA) is 35.5 Å². The fourth-order valence-electron chi connectivity index (χ4n) is 0.965. The summed E-state index contributed by atoms with van der Waals surface area (Å²) >= 11 is 0. The Labute approximate surface area is 108 Å². The number of ether oxygens (including phenoxy) is 1. The van der Waals surface area contributed by atoms with Gasteiger partial charge in [-0.05, 0) is 39.7 Å². The molecule has 0 aliphatic heterocycles. The minimum Gasteiger partial charge on any atom is -0.458 e. The van der Waals surface area contributed by atoms with Crippen LogP contribution in [0.3, 0.4) is 0 Å². The van der Waals surface area contributed by atoms with Gasteiger partial charge < -0.3 is 8.85 Å². The van der Waals surface area contributed by atoms with Crippen molar-refractivity contribution in [3.05, 3.63) is 24.8 Å². The molecule has 0 radical (unpaired) electrons. The predicted molar refractivity (Wildman–Crippen MR) is 79.3 cm³/mol. The van der Waals surface area contributed by atoms with Gasteiger partial charge in [-0.15, -0.1) is 0 Å². The normalized spacial score (nSPS) is 10.3. The zero-order chi connectivity index (χ0) is 14.1. The highest BCUT2D eigenvalue weighted by Crippen LogP contribution is 2.03. The first-order chi connectivity index (χ1) is 7.60. The maximum atomic E-state index is 10.5. The number of carbonyl (C=O) groups excluding carboxylic acids is 1. The van der Waals surface area contributed by atoms with Gasteiger partial charge in [0.2, 0.25) is 0 Å². The highest BCUT2D eigenvalue weighted by Gasteiger charge is 2.14. The van der Waals surface area contributed by atoms with Crippen molar-refractivity contribution in [3.8, 4) is 0 Å². The van der Waals surface area contributed by atoms with Crippen molar-refractivity contribution in [2.45, 2.75) is 39.7 Å². The minimum atomic E-state index is -1.16. The van der Waals surface area contributed by atoms with Gasteiger partial charge in [-0.25, -0.2) is 4.79 Å². The van der Waals surface area contributed by atoms with E-state index in [0.717, 1.165) is 0 Å². The van der Waals surface area contributed by atoms with E-state index in [0.29, 0.717) is 5.57 Å². The summed E-state index contributed by atoms with van der Waals surface area (Å²) in [5.41, 5.74) is 0.414. The van der Waals surface area contributed by atoms with Crippen LogP contribution in [-0.2, 0) is 13.6 Å². The molecule has 0 saturated heterocycles. The van der Waals surface area contributed by atoms with Crippen LogP contribution < -0.4 is 0 Å². The van der Waals surface area contributed by atoms with Gasteiger partial charge in [-0.2, -0.15) is 0 Å². The number of carbonyl (C=O) groups is 1. The maximum Gasteiger partial charge on any atom is 0.333 e. The summed E-state index contributed by atoms with van der Waals surface area (Å²) in [6, 6.07) is 0. The Kier molecular flexibility index (Phi) is 10.3. The van der Waals surface area contributed by atoms with Gasteiger partial charge in [0.1, 0.15) is 6.61 Å². The molecule has 0 aliphatic carbocycles. The quantitative estimate of drug-likeness (QED) is 0.334. The molecule has 5 heteroatoms. The van der Waals surface area contributed by atoms with Crippen LogP contribution in [0.15, 0.2) is 24.8 Å². The highest BCUT2D eigenvalue weighted by atomic mass is 28.4. The highest BCUT2D eigenvalue weighted by molar-refractivity contribution is 6.76. The van der Waals surface area contributed by atoms with Crippen molar-refractivity contribution < 1.29 is 13.6 Å². The first kappa shape index (κ1) is 18.7. The average Bonchev–Trinajstić information content (AvgIpc) is 2.10. The van der Waals surface area contributed by atoms with E-state index < -0.39 is 17.4 Å². The molecule has 0 N–H and O–H groups in total. The van der Waals surface area contributed by atoms with E-state index in [4.69, 9.17) is 4.12 Å². The SMILES string of the molecule is C=CCOC(=O)C(=C)C.C[SiH](C)O[Si](C)(C)C. The van der Waals surface area contributed by atoms with Gasteiger partial charge in [0, 0.05) is 5.57 Å². The van der Waals surface area contributed by atoms with Crippen molar-refractivity contribution in [3.63, 3.8) is 0 Å². The third kappa shape index (κ3) is 17.9. The fourth-order valence-corrected chi connectivity index (χ4v) is 6.62. The Balaban J connectivity index is 0. The van der Waals surface area contributed by atoms with E-state index in [2.05, 4.69) is 50.6 Å². The summed E-state index contributed by atoms with van der Waals surface area (Å²) in [4.78, 5) is 10.5. The van der Waals surface area contributed by atoms with Crippen LogP contribution in [0.25, 0.3) is 0 Å². The molecule has 17 heavy (non-hydrogen) atoms. The average molecular weight is 275 g/mol. The van der Waals surface area contributed by atoms with Crippen LogP contribution in [0.1, 0.15) is 6.92 Å². The van der Waals surface area contributed by atoms with E-state index in [-0.39, 0.29) is 12.6 Å². The van der Waals surface area contributed by atoms with Crippen LogP contribution in [0.5, 0.6) is 0 Å². The van der Waals surface area contributed by atoms with E-state index in [1.807, 2.05) is 0 Å².